The Balaban J connectivity index is 1.89. The lowest BCUT2D eigenvalue weighted by atomic mass is 9.73. The van der Waals surface area contributed by atoms with Gasteiger partial charge in [-0.2, -0.15) is 0 Å². The van der Waals surface area contributed by atoms with E-state index in [-0.39, 0.29) is 11.4 Å². The molecule has 1 saturated heterocycles. The van der Waals surface area contributed by atoms with Crippen LogP contribution in [0, 0.1) is 5.41 Å². The molecule has 0 aromatic carbocycles. The average molecular weight is 282 g/mol. The zero-order chi connectivity index (χ0) is 14.8. The molecule has 0 radical (unpaired) electrons. The lowest BCUT2D eigenvalue weighted by molar-refractivity contribution is -0.155. The van der Waals surface area contributed by atoms with Gasteiger partial charge in [0.15, 0.2) is 0 Å². The van der Waals surface area contributed by atoms with Crippen molar-refractivity contribution in [2.24, 2.45) is 11.1 Å². The van der Waals surface area contributed by atoms with E-state index in [1.165, 1.54) is 0 Å². The van der Waals surface area contributed by atoms with Gasteiger partial charge < -0.3 is 15.7 Å². The number of rotatable bonds is 5. The minimum absolute atomic E-state index is 0.0997. The van der Waals surface area contributed by atoms with Gasteiger partial charge in [0.05, 0.1) is 5.41 Å². The molecule has 1 heterocycles. The highest BCUT2D eigenvalue weighted by atomic mass is 16.4. The molecule has 0 aromatic heterocycles. The van der Waals surface area contributed by atoms with Crippen molar-refractivity contribution in [1.82, 2.24) is 4.90 Å². The summed E-state index contributed by atoms with van der Waals surface area (Å²) in [5, 5.41) is 9.45. The highest BCUT2D eigenvalue weighted by Crippen LogP contribution is 2.38. The summed E-state index contributed by atoms with van der Waals surface area (Å²) in [6.45, 7) is 3.12. The minimum atomic E-state index is -0.708. The molecule has 2 fully saturated rings. The third kappa shape index (κ3) is 2.97. The van der Waals surface area contributed by atoms with E-state index >= 15 is 0 Å². The summed E-state index contributed by atoms with van der Waals surface area (Å²) in [6, 6.07) is 0. The molecule has 3 N–H and O–H groups in total. The molecular weight excluding hydrogens is 256 g/mol. The molecule has 2 rings (SSSR count). The number of carbonyl (C=O) groups is 2. The molecule has 5 nitrogen and oxygen atoms in total. The van der Waals surface area contributed by atoms with Crippen molar-refractivity contribution in [2.45, 2.75) is 63.8 Å². The molecule has 1 amide bonds. The van der Waals surface area contributed by atoms with Crippen molar-refractivity contribution >= 4 is 11.9 Å². The molecule has 0 aromatic rings. The van der Waals surface area contributed by atoms with Gasteiger partial charge in [0.1, 0.15) is 0 Å². The van der Waals surface area contributed by atoms with Crippen LogP contribution in [0.3, 0.4) is 0 Å². The molecular formula is C15H26N2O3. The van der Waals surface area contributed by atoms with Crippen molar-refractivity contribution in [1.29, 1.82) is 0 Å². The molecule has 1 saturated carbocycles. The zero-order valence-corrected chi connectivity index (χ0v) is 12.4. The van der Waals surface area contributed by atoms with Crippen molar-refractivity contribution in [2.75, 3.05) is 13.1 Å². The van der Waals surface area contributed by atoms with Gasteiger partial charge in [-0.05, 0) is 38.5 Å². The predicted octanol–water partition coefficient (Wildman–Crippen LogP) is 1.75. The van der Waals surface area contributed by atoms with E-state index in [1.54, 1.807) is 0 Å². The van der Waals surface area contributed by atoms with Gasteiger partial charge in [0, 0.05) is 25.0 Å². The fraction of sp³-hybridized carbons (Fsp3) is 0.867. The van der Waals surface area contributed by atoms with E-state index in [9.17, 15) is 14.7 Å². The van der Waals surface area contributed by atoms with Crippen LogP contribution in [0.25, 0.3) is 0 Å². The standard InChI is InChI=1S/C15H26N2O3/c1-2-4-14(13(19)20)7-9-17(10-8-14)12(18)11-15(16)5-3-6-15/h2-11,16H2,1H3,(H,19,20). The Hall–Kier alpha value is -1.10. The Kier molecular flexibility index (Phi) is 4.37. The van der Waals surface area contributed by atoms with Crippen molar-refractivity contribution in [3.8, 4) is 0 Å². The van der Waals surface area contributed by atoms with Crippen LogP contribution in [0.15, 0.2) is 0 Å². The number of nitrogens with two attached hydrogens (primary N) is 1. The number of piperidine rings is 1. The van der Waals surface area contributed by atoms with Crippen LogP contribution in [-0.2, 0) is 9.59 Å². The summed E-state index contributed by atoms with van der Waals surface area (Å²) < 4.78 is 0. The van der Waals surface area contributed by atoms with Crippen LogP contribution in [-0.4, -0.2) is 40.5 Å². The smallest absolute Gasteiger partial charge is 0.309 e. The summed E-state index contributed by atoms with van der Waals surface area (Å²) in [7, 11) is 0. The lowest BCUT2D eigenvalue weighted by Gasteiger charge is -2.42. The van der Waals surface area contributed by atoms with Crippen molar-refractivity contribution in [3.63, 3.8) is 0 Å². The maximum absolute atomic E-state index is 12.2. The van der Waals surface area contributed by atoms with Gasteiger partial charge in [-0.1, -0.05) is 13.3 Å². The Morgan fingerprint density at radius 2 is 1.80 bits per heavy atom. The quantitative estimate of drug-likeness (QED) is 0.804. The first-order valence-corrected chi connectivity index (χ1v) is 7.71. The van der Waals surface area contributed by atoms with E-state index in [2.05, 4.69) is 0 Å². The van der Waals surface area contributed by atoms with E-state index in [0.717, 1.165) is 25.7 Å². The largest absolute Gasteiger partial charge is 0.481 e. The zero-order valence-electron chi connectivity index (χ0n) is 12.4. The number of aliphatic carboxylic acids is 1. The molecule has 1 aliphatic heterocycles. The van der Waals surface area contributed by atoms with Gasteiger partial charge in [-0.25, -0.2) is 0 Å². The number of carbonyl (C=O) groups excluding carboxylic acids is 1. The van der Waals surface area contributed by atoms with E-state index in [1.807, 2.05) is 11.8 Å². The van der Waals surface area contributed by atoms with Crippen LogP contribution in [0.5, 0.6) is 0 Å². The summed E-state index contributed by atoms with van der Waals surface area (Å²) >= 11 is 0. The highest BCUT2D eigenvalue weighted by molar-refractivity contribution is 5.79. The van der Waals surface area contributed by atoms with Crippen LogP contribution in [0.1, 0.15) is 58.3 Å². The Bertz CT molecular complexity index is 383. The Morgan fingerprint density at radius 1 is 1.20 bits per heavy atom. The third-order valence-corrected chi connectivity index (χ3v) is 5.11. The molecule has 0 spiro atoms. The van der Waals surface area contributed by atoms with Crippen LogP contribution < -0.4 is 5.73 Å². The number of carboxylic acid groups (broad SMARTS) is 1. The number of hydrogen-bond acceptors (Lipinski definition) is 3. The molecule has 0 unspecified atom stereocenters. The van der Waals surface area contributed by atoms with Crippen LogP contribution in [0.2, 0.25) is 0 Å². The third-order valence-electron chi connectivity index (χ3n) is 5.11. The highest BCUT2D eigenvalue weighted by Gasteiger charge is 2.43. The van der Waals surface area contributed by atoms with Gasteiger partial charge >= 0.3 is 5.97 Å². The van der Waals surface area contributed by atoms with Gasteiger partial charge in [-0.15, -0.1) is 0 Å². The lowest BCUT2D eigenvalue weighted by Crippen LogP contribution is -2.53. The SMILES string of the molecule is CCCC1(C(=O)O)CCN(C(=O)CC2(N)CCC2)CC1. The van der Waals surface area contributed by atoms with Crippen LogP contribution in [0.4, 0.5) is 0 Å². The molecule has 0 bridgehead atoms. The molecule has 1 aliphatic carbocycles. The predicted molar refractivity (Wildman–Crippen MR) is 76.2 cm³/mol. The first kappa shape index (κ1) is 15.3. The number of carboxylic acids is 1. The molecule has 5 heteroatoms. The first-order chi connectivity index (χ1) is 9.41. The molecule has 114 valence electrons. The maximum Gasteiger partial charge on any atom is 0.309 e. The average Bonchev–Trinajstić information content (AvgIpc) is 2.37. The topological polar surface area (TPSA) is 83.6 Å². The van der Waals surface area contributed by atoms with Gasteiger partial charge in [0.25, 0.3) is 0 Å². The first-order valence-electron chi connectivity index (χ1n) is 7.71. The van der Waals surface area contributed by atoms with Gasteiger partial charge in [0.2, 0.25) is 5.91 Å². The van der Waals surface area contributed by atoms with Gasteiger partial charge in [-0.3, -0.25) is 9.59 Å². The second-order valence-electron chi connectivity index (χ2n) is 6.61. The number of amides is 1. The number of likely N-dealkylation sites (tertiary alicyclic amines) is 1. The fourth-order valence-corrected chi connectivity index (χ4v) is 3.45. The molecule has 2 aliphatic rings. The van der Waals surface area contributed by atoms with E-state index in [0.29, 0.717) is 38.8 Å². The van der Waals surface area contributed by atoms with Crippen LogP contribution >= 0.6 is 0 Å². The van der Waals surface area contributed by atoms with E-state index < -0.39 is 11.4 Å². The number of nitrogens with zero attached hydrogens (tertiary/aromatic N) is 1. The van der Waals surface area contributed by atoms with E-state index in [4.69, 9.17) is 5.73 Å². The van der Waals surface area contributed by atoms with Crippen molar-refractivity contribution in [3.05, 3.63) is 0 Å². The maximum atomic E-state index is 12.2. The number of hydrogen-bond donors (Lipinski definition) is 2. The fourth-order valence-electron chi connectivity index (χ4n) is 3.45. The normalized spacial score (nSPS) is 24.0. The Morgan fingerprint density at radius 3 is 2.20 bits per heavy atom. The summed E-state index contributed by atoms with van der Waals surface area (Å²) in [5.41, 5.74) is 5.21. The summed E-state index contributed by atoms with van der Waals surface area (Å²) in [6.07, 6.45) is 6.10. The second kappa shape index (κ2) is 5.72. The Labute approximate surface area is 120 Å². The monoisotopic (exact) mass is 282 g/mol. The van der Waals surface area contributed by atoms with Crippen molar-refractivity contribution < 1.29 is 14.7 Å². The summed E-state index contributed by atoms with van der Waals surface area (Å²) in [5.74, 6) is -0.608. The molecule has 0 atom stereocenters. The second-order valence-corrected chi connectivity index (χ2v) is 6.61. The molecule has 20 heavy (non-hydrogen) atoms. The minimum Gasteiger partial charge on any atom is -0.481 e. The summed E-state index contributed by atoms with van der Waals surface area (Å²) in [4.78, 5) is 25.6.